The standard InChI is InChI=1S/C22H33NO10/c1-11-4-5-14-12(2)19(29-17(26)7-6-16(25)23-15(10-24)18(27)28)30-20-22(14)13(11)8-9-21(3,31-20)32-33-22/h11-15,19-20,24H,4-10H2,1-3H3,(H,23,25)(H,27,28). The first-order chi connectivity index (χ1) is 15.6. The molecule has 0 aromatic carbocycles. The molecule has 1 saturated carbocycles. The second-order valence-electron chi connectivity index (χ2n) is 9.90. The Hall–Kier alpha value is -1.79. The molecule has 4 aliphatic heterocycles. The molecular weight excluding hydrogens is 438 g/mol. The van der Waals surface area contributed by atoms with Gasteiger partial charge in [-0.1, -0.05) is 13.8 Å². The van der Waals surface area contributed by atoms with Gasteiger partial charge < -0.3 is 29.7 Å². The zero-order chi connectivity index (χ0) is 24.0. The van der Waals surface area contributed by atoms with Crippen LogP contribution >= 0.6 is 0 Å². The molecule has 186 valence electrons. The van der Waals surface area contributed by atoms with Crippen molar-refractivity contribution in [1.29, 1.82) is 0 Å². The van der Waals surface area contributed by atoms with Gasteiger partial charge in [-0.2, -0.15) is 0 Å². The number of hydrogen-bond donors (Lipinski definition) is 3. The minimum absolute atomic E-state index is 0.00192. The summed E-state index contributed by atoms with van der Waals surface area (Å²) in [6.07, 6.45) is 1.31. The van der Waals surface area contributed by atoms with Crippen molar-refractivity contribution >= 4 is 17.8 Å². The lowest BCUT2D eigenvalue weighted by atomic mass is 9.58. The van der Waals surface area contributed by atoms with Crippen molar-refractivity contribution in [3.63, 3.8) is 0 Å². The molecule has 0 aromatic heterocycles. The Labute approximate surface area is 191 Å². The summed E-state index contributed by atoms with van der Waals surface area (Å²) >= 11 is 0. The quantitative estimate of drug-likeness (QED) is 0.363. The lowest BCUT2D eigenvalue weighted by molar-refractivity contribution is -0.576. The maximum absolute atomic E-state index is 12.5. The number of nitrogens with one attached hydrogen (secondary N) is 1. The molecule has 5 aliphatic rings. The first-order valence-electron chi connectivity index (χ1n) is 11.6. The van der Waals surface area contributed by atoms with Gasteiger partial charge in [-0.05, 0) is 38.0 Å². The van der Waals surface area contributed by atoms with E-state index in [0.29, 0.717) is 12.3 Å². The molecule has 9 atom stereocenters. The van der Waals surface area contributed by atoms with Crippen LogP contribution in [0.5, 0.6) is 0 Å². The van der Waals surface area contributed by atoms with Gasteiger partial charge in [0.2, 0.25) is 18.0 Å². The number of amides is 1. The number of aliphatic carboxylic acids is 1. The van der Waals surface area contributed by atoms with E-state index in [2.05, 4.69) is 12.2 Å². The third-order valence-electron chi connectivity index (χ3n) is 7.72. The van der Waals surface area contributed by atoms with Crippen molar-refractivity contribution in [2.45, 2.75) is 89.3 Å². The van der Waals surface area contributed by atoms with Crippen LogP contribution in [0.15, 0.2) is 0 Å². The number of aliphatic hydroxyl groups is 1. The van der Waals surface area contributed by atoms with Gasteiger partial charge in [0, 0.05) is 24.7 Å². The molecule has 11 heteroatoms. The van der Waals surface area contributed by atoms with Crippen molar-refractivity contribution in [2.24, 2.45) is 23.7 Å². The fraction of sp³-hybridized carbons (Fsp3) is 0.864. The van der Waals surface area contributed by atoms with Crippen LogP contribution in [0, 0.1) is 23.7 Å². The number of esters is 1. The number of carbonyl (C=O) groups is 3. The van der Waals surface area contributed by atoms with Crippen LogP contribution in [0.4, 0.5) is 0 Å². The number of aliphatic hydroxyl groups excluding tert-OH is 1. The van der Waals surface area contributed by atoms with Crippen LogP contribution in [0.3, 0.4) is 0 Å². The average Bonchev–Trinajstić information content (AvgIpc) is 3.00. The molecule has 2 bridgehead atoms. The van der Waals surface area contributed by atoms with Gasteiger partial charge in [-0.25, -0.2) is 14.6 Å². The monoisotopic (exact) mass is 471 g/mol. The number of carbonyl (C=O) groups excluding carboxylic acids is 2. The van der Waals surface area contributed by atoms with Gasteiger partial charge in [-0.3, -0.25) is 9.59 Å². The van der Waals surface area contributed by atoms with Gasteiger partial charge in [-0.15, -0.1) is 0 Å². The zero-order valence-electron chi connectivity index (χ0n) is 19.2. The Kier molecular flexibility index (Phi) is 6.71. The van der Waals surface area contributed by atoms with E-state index in [1.807, 2.05) is 13.8 Å². The summed E-state index contributed by atoms with van der Waals surface area (Å²) < 4.78 is 18.0. The van der Waals surface area contributed by atoms with Crippen LogP contribution in [-0.2, 0) is 38.4 Å². The van der Waals surface area contributed by atoms with E-state index in [-0.39, 0.29) is 30.6 Å². The molecule has 5 rings (SSSR count). The highest BCUT2D eigenvalue weighted by molar-refractivity contribution is 5.85. The van der Waals surface area contributed by atoms with Gasteiger partial charge >= 0.3 is 11.9 Å². The number of fused-ring (bicyclic) bond motifs is 2. The van der Waals surface area contributed by atoms with Crippen LogP contribution in [-0.4, -0.2) is 64.7 Å². The second kappa shape index (κ2) is 9.10. The SMILES string of the molecule is CC1CCC2C(C)C(OC(=O)CCC(=O)NC(CO)C(=O)O)OC3OC4(C)CCC1C32OO4. The zero-order valence-corrected chi connectivity index (χ0v) is 19.2. The van der Waals surface area contributed by atoms with E-state index in [1.165, 1.54) is 0 Å². The number of carboxylic acid groups (broad SMARTS) is 1. The molecule has 3 N–H and O–H groups in total. The van der Waals surface area contributed by atoms with E-state index < -0.39 is 54.5 Å². The van der Waals surface area contributed by atoms with E-state index in [4.69, 9.17) is 34.2 Å². The van der Waals surface area contributed by atoms with Crippen molar-refractivity contribution < 1.29 is 48.6 Å². The van der Waals surface area contributed by atoms with Crippen molar-refractivity contribution in [1.82, 2.24) is 5.32 Å². The maximum atomic E-state index is 12.5. The molecule has 0 radical (unpaired) electrons. The Morgan fingerprint density at radius 1 is 1.12 bits per heavy atom. The number of hydrogen-bond acceptors (Lipinski definition) is 9. The Bertz CT molecular complexity index is 791. The fourth-order valence-corrected chi connectivity index (χ4v) is 5.86. The first kappa shape index (κ1) is 24.3. The maximum Gasteiger partial charge on any atom is 0.328 e. The van der Waals surface area contributed by atoms with Crippen molar-refractivity contribution in [3.05, 3.63) is 0 Å². The van der Waals surface area contributed by atoms with E-state index >= 15 is 0 Å². The van der Waals surface area contributed by atoms with Crippen LogP contribution in [0.1, 0.15) is 59.3 Å². The lowest BCUT2D eigenvalue weighted by Gasteiger charge is -2.59. The Morgan fingerprint density at radius 2 is 1.88 bits per heavy atom. The molecule has 4 heterocycles. The predicted molar refractivity (Wildman–Crippen MR) is 109 cm³/mol. The Morgan fingerprint density at radius 3 is 2.58 bits per heavy atom. The predicted octanol–water partition coefficient (Wildman–Crippen LogP) is 1.08. The summed E-state index contributed by atoms with van der Waals surface area (Å²) in [5, 5.41) is 20.0. The molecule has 1 spiro atoms. The summed E-state index contributed by atoms with van der Waals surface area (Å²) in [4.78, 5) is 47.1. The van der Waals surface area contributed by atoms with Gasteiger partial charge in [0.1, 0.15) is 6.04 Å². The molecule has 1 amide bonds. The van der Waals surface area contributed by atoms with Crippen LogP contribution in [0.25, 0.3) is 0 Å². The normalized spacial score (nSPS) is 42.5. The first-order valence-corrected chi connectivity index (χ1v) is 11.6. The molecule has 9 unspecified atom stereocenters. The van der Waals surface area contributed by atoms with Gasteiger partial charge in [0.05, 0.1) is 13.0 Å². The molecule has 4 saturated heterocycles. The lowest BCUT2D eigenvalue weighted by Crippen LogP contribution is -2.70. The summed E-state index contributed by atoms with van der Waals surface area (Å²) in [5.74, 6) is -3.17. The fourth-order valence-electron chi connectivity index (χ4n) is 5.86. The highest BCUT2D eigenvalue weighted by atomic mass is 17.3. The summed E-state index contributed by atoms with van der Waals surface area (Å²) in [6, 6.07) is -1.42. The largest absolute Gasteiger partial charge is 0.480 e. The van der Waals surface area contributed by atoms with Crippen molar-refractivity contribution in [3.8, 4) is 0 Å². The molecule has 11 nitrogen and oxygen atoms in total. The highest BCUT2D eigenvalue weighted by Crippen LogP contribution is 2.60. The third kappa shape index (κ3) is 4.37. The summed E-state index contributed by atoms with van der Waals surface area (Å²) in [5.41, 5.74) is -0.758. The molecule has 5 fully saturated rings. The third-order valence-corrected chi connectivity index (χ3v) is 7.72. The minimum atomic E-state index is -1.42. The molecule has 0 aromatic rings. The molecule has 1 aliphatic carbocycles. The Balaban J connectivity index is 1.41. The number of ether oxygens (including phenoxy) is 3. The number of carboxylic acids is 1. The van der Waals surface area contributed by atoms with Crippen LogP contribution in [0.2, 0.25) is 0 Å². The van der Waals surface area contributed by atoms with E-state index in [1.54, 1.807) is 0 Å². The van der Waals surface area contributed by atoms with Gasteiger partial charge in [0.15, 0.2) is 11.9 Å². The van der Waals surface area contributed by atoms with Crippen LogP contribution < -0.4 is 5.32 Å². The van der Waals surface area contributed by atoms with E-state index in [0.717, 1.165) is 19.3 Å². The molecule has 33 heavy (non-hydrogen) atoms. The van der Waals surface area contributed by atoms with Crippen molar-refractivity contribution in [2.75, 3.05) is 6.61 Å². The molecular formula is C22H33NO10. The highest BCUT2D eigenvalue weighted by Gasteiger charge is 2.69. The smallest absolute Gasteiger partial charge is 0.328 e. The topological polar surface area (TPSA) is 150 Å². The summed E-state index contributed by atoms with van der Waals surface area (Å²) in [6.45, 7) is 5.24. The average molecular weight is 472 g/mol. The second-order valence-corrected chi connectivity index (χ2v) is 9.90. The number of rotatable bonds is 7. The minimum Gasteiger partial charge on any atom is -0.480 e. The summed E-state index contributed by atoms with van der Waals surface area (Å²) in [7, 11) is 0. The van der Waals surface area contributed by atoms with E-state index in [9.17, 15) is 14.4 Å². The van der Waals surface area contributed by atoms with Gasteiger partial charge in [0.25, 0.3) is 0 Å².